The second kappa shape index (κ2) is 13.5. The first-order valence-electron chi connectivity index (χ1n) is 12.3. The Morgan fingerprint density at radius 2 is 1.65 bits per heavy atom. The van der Waals surface area contributed by atoms with Crippen molar-refractivity contribution >= 4 is 50.7 Å². The number of amides is 2. The van der Waals surface area contributed by atoms with Crippen molar-refractivity contribution in [1.29, 1.82) is 0 Å². The van der Waals surface area contributed by atoms with Crippen LogP contribution in [-0.4, -0.2) is 50.5 Å². The summed E-state index contributed by atoms with van der Waals surface area (Å²) in [7, 11) is -3.55. The van der Waals surface area contributed by atoms with Crippen LogP contribution >= 0.6 is 23.2 Å². The third kappa shape index (κ3) is 9.20. The first-order chi connectivity index (χ1) is 17.2. The molecule has 0 saturated heterocycles. The molecule has 0 saturated carbocycles. The summed E-state index contributed by atoms with van der Waals surface area (Å²) in [6.07, 6.45) is 1.51. The molecule has 2 aromatic rings. The summed E-state index contributed by atoms with van der Waals surface area (Å²) in [6.45, 7) is 10.4. The molecule has 0 bridgehead atoms. The maximum atomic E-state index is 13.4. The molecule has 0 aliphatic carbocycles. The van der Waals surface area contributed by atoms with E-state index < -0.39 is 16.1 Å². The Kier molecular flexibility index (Phi) is 11.3. The standard InChI is InChI=1S/C27H37Cl2N3O4S/c1-18(2)16-30-27(34)21(5)31(17-22-10-12-24(28)25(29)15-22)26(33)8-7-13-32(37(6,35)36)23-11-9-19(3)20(4)14-23/h9-12,14-15,18,21H,7-8,13,16-17H2,1-6H3,(H,30,34)/t21-/m1/s1. The van der Waals surface area contributed by atoms with Crippen molar-refractivity contribution in [1.82, 2.24) is 10.2 Å². The summed E-state index contributed by atoms with van der Waals surface area (Å²) in [5.74, 6) is -0.246. The van der Waals surface area contributed by atoms with Gasteiger partial charge in [-0.15, -0.1) is 0 Å². The predicted octanol–water partition coefficient (Wildman–Crippen LogP) is 5.35. The number of anilines is 1. The van der Waals surface area contributed by atoms with Crippen molar-refractivity contribution in [3.8, 4) is 0 Å². The molecule has 10 heteroatoms. The third-order valence-corrected chi connectivity index (χ3v) is 8.05. The zero-order valence-electron chi connectivity index (χ0n) is 22.3. The van der Waals surface area contributed by atoms with E-state index in [4.69, 9.17) is 23.2 Å². The van der Waals surface area contributed by atoms with Crippen LogP contribution < -0.4 is 9.62 Å². The number of hydrogen-bond donors (Lipinski definition) is 1. The van der Waals surface area contributed by atoms with E-state index in [0.717, 1.165) is 22.9 Å². The molecule has 7 nitrogen and oxygen atoms in total. The highest BCUT2D eigenvalue weighted by molar-refractivity contribution is 7.92. The van der Waals surface area contributed by atoms with E-state index in [1.165, 1.54) is 9.21 Å². The van der Waals surface area contributed by atoms with E-state index >= 15 is 0 Å². The fraction of sp³-hybridized carbons (Fsp3) is 0.481. The minimum atomic E-state index is -3.55. The first-order valence-corrected chi connectivity index (χ1v) is 14.9. The number of aryl methyl sites for hydroxylation is 2. The van der Waals surface area contributed by atoms with Crippen molar-refractivity contribution in [2.45, 2.75) is 60.0 Å². The van der Waals surface area contributed by atoms with Gasteiger partial charge in [-0.3, -0.25) is 13.9 Å². The van der Waals surface area contributed by atoms with Crippen LogP contribution in [0.2, 0.25) is 10.0 Å². The molecular formula is C27H37Cl2N3O4S. The molecule has 0 aromatic heterocycles. The smallest absolute Gasteiger partial charge is 0.242 e. The van der Waals surface area contributed by atoms with Gasteiger partial charge in [0.25, 0.3) is 0 Å². The lowest BCUT2D eigenvalue weighted by molar-refractivity contribution is -0.140. The predicted molar refractivity (Wildman–Crippen MR) is 152 cm³/mol. The molecular weight excluding hydrogens is 533 g/mol. The maximum Gasteiger partial charge on any atom is 0.242 e. The highest BCUT2D eigenvalue weighted by atomic mass is 35.5. The number of nitrogens with zero attached hydrogens (tertiary/aromatic N) is 2. The van der Waals surface area contributed by atoms with Gasteiger partial charge >= 0.3 is 0 Å². The summed E-state index contributed by atoms with van der Waals surface area (Å²) in [5.41, 5.74) is 3.35. The lowest BCUT2D eigenvalue weighted by atomic mass is 10.1. The molecule has 1 N–H and O–H groups in total. The Labute approximate surface area is 231 Å². The van der Waals surface area contributed by atoms with E-state index in [2.05, 4.69) is 5.32 Å². The molecule has 0 unspecified atom stereocenters. The number of rotatable bonds is 12. The fourth-order valence-corrected chi connectivity index (χ4v) is 5.03. The zero-order valence-corrected chi connectivity index (χ0v) is 24.7. The number of carbonyl (C=O) groups excluding carboxylic acids is 2. The minimum absolute atomic E-state index is 0.0694. The molecule has 0 radical (unpaired) electrons. The Hall–Kier alpha value is -2.29. The van der Waals surface area contributed by atoms with E-state index in [0.29, 0.717) is 22.3 Å². The van der Waals surface area contributed by atoms with Crippen LogP contribution in [0.25, 0.3) is 0 Å². The average molecular weight is 571 g/mol. The molecule has 204 valence electrons. The number of nitrogens with one attached hydrogen (secondary N) is 1. The lowest BCUT2D eigenvalue weighted by Gasteiger charge is -2.30. The SMILES string of the molecule is Cc1ccc(N(CCCC(=O)N(Cc2ccc(Cl)c(Cl)c2)[C@H](C)C(=O)NCC(C)C)S(C)(=O)=O)cc1C. The normalized spacial score (nSPS) is 12.4. The maximum absolute atomic E-state index is 13.4. The van der Waals surface area contributed by atoms with Crippen LogP contribution in [0.15, 0.2) is 36.4 Å². The highest BCUT2D eigenvalue weighted by Crippen LogP contribution is 2.25. The molecule has 0 fully saturated rings. The van der Waals surface area contributed by atoms with Gasteiger partial charge in [0, 0.05) is 26.1 Å². The van der Waals surface area contributed by atoms with Crippen LogP contribution in [0.3, 0.4) is 0 Å². The largest absolute Gasteiger partial charge is 0.354 e. The Balaban J connectivity index is 2.20. The summed E-state index contributed by atoms with van der Waals surface area (Å²) in [4.78, 5) is 27.7. The second-order valence-corrected chi connectivity index (χ2v) is 12.5. The highest BCUT2D eigenvalue weighted by Gasteiger charge is 2.27. The molecule has 1 atom stereocenters. The van der Waals surface area contributed by atoms with Gasteiger partial charge in [0.15, 0.2) is 0 Å². The summed E-state index contributed by atoms with van der Waals surface area (Å²) in [6, 6.07) is 9.83. The number of hydrogen-bond acceptors (Lipinski definition) is 4. The van der Waals surface area contributed by atoms with Crippen molar-refractivity contribution in [2.75, 3.05) is 23.7 Å². The quantitative estimate of drug-likeness (QED) is 0.373. The van der Waals surface area contributed by atoms with Crippen molar-refractivity contribution in [2.24, 2.45) is 5.92 Å². The molecule has 37 heavy (non-hydrogen) atoms. The van der Waals surface area contributed by atoms with E-state index in [1.807, 2.05) is 39.8 Å². The third-order valence-electron chi connectivity index (χ3n) is 6.12. The number of halogens is 2. The topological polar surface area (TPSA) is 86.8 Å². The molecule has 0 aliphatic rings. The van der Waals surface area contributed by atoms with Crippen molar-refractivity contribution in [3.63, 3.8) is 0 Å². The van der Waals surface area contributed by atoms with Gasteiger partial charge < -0.3 is 10.2 Å². The monoisotopic (exact) mass is 569 g/mol. The van der Waals surface area contributed by atoms with Crippen molar-refractivity contribution < 1.29 is 18.0 Å². The average Bonchev–Trinajstić information content (AvgIpc) is 2.81. The molecule has 0 spiro atoms. The Morgan fingerprint density at radius 3 is 2.22 bits per heavy atom. The molecule has 2 aromatic carbocycles. The summed E-state index contributed by atoms with van der Waals surface area (Å²) >= 11 is 12.2. The minimum Gasteiger partial charge on any atom is -0.354 e. The van der Waals surface area contributed by atoms with E-state index in [9.17, 15) is 18.0 Å². The Morgan fingerprint density at radius 1 is 0.973 bits per heavy atom. The molecule has 0 aliphatic heterocycles. The molecule has 2 amide bonds. The van der Waals surface area contributed by atoms with Gasteiger partial charge in [-0.1, -0.05) is 49.2 Å². The van der Waals surface area contributed by atoms with E-state index in [1.54, 1.807) is 31.2 Å². The second-order valence-electron chi connectivity index (χ2n) is 9.79. The van der Waals surface area contributed by atoms with Crippen LogP contribution in [0.5, 0.6) is 0 Å². The van der Waals surface area contributed by atoms with Gasteiger partial charge in [-0.2, -0.15) is 0 Å². The fourth-order valence-electron chi connectivity index (χ4n) is 3.75. The number of benzene rings is 2. The van der Waals surface area contributed by atoms with Gasteiger partial charge in [0.1, 0.15) is 6.04 Å². The van der Waals surface area contributed by atoms with Gasteiger partial charge in [-0.25, -0.2) is 8.42 Å². The Bertz CT molecular complexity index is 1220. The lowest BCUT2D eigenvalue weighted by Crippen LogP contribution is -2.48. The van der Waals surface area contributed by atoms with E-state index in [-0.39, 0.29) is 43.7 Å². The summed E-state index contributed by atoms with van der Waals surface area (Å²) in [5, 5.41) is 3.64. The van der Waals surface area contributed by atoms with Crippen LogP contribution in [0.1, 0.15) is 50.3 Å². The number of carbonyl (C=O) groups is 2. The van der Waals surface area contributed by atoms with Gasteiger partial charge in [0.05, 0.1) is 22.0 Å². The zero-order chi connectivity index (χ0) is 27.9. The van der Waals surface area contributed by atoms with Crippen LogP contribution in [0.4, 0.5) is 5.69 Å². The van der Waals surface area contributed by atoms with Gasteiger partial charge in [0.2, 0.25) is 21.8 Å². The first kappa shape index (κ1) is 30.9. The summed E-state index contributed by atoms with van der Waals surface area (Å²) < 4.78 is 26.3. The molecule has 0 heterocycles. The molecule has 2 rings (SSSR count). The van der Waals surface area contributed by atoms with Crippen LogP contribution in [0, 0.1) is 19.8 Å². The number of sulfonamides is 1. The van der Waals surface area contributed by atoms with Crippen LogP contribution in [-0.2, 0) is 26.2 Å². The van der Waals surface area contributed by atoms with Crippen molar-refractivity contribution in [3.05, 3.63) is 63.1 Å². The van der Waals surface area contributed by atoms with Gasteiger partial charge in [-0.05, 0) is 74.1 Å².